The van der Waals surface area contributed by atoms with Crippen molar-refractivity contribution in [3.05, 3.63) is 11.8 Å². The average molecular weight is 369 g/mol. The molecule has 0 amide bonds. The van der Waals surface area contributed by atoms with Crippen molar-refractivity contribution >= 4 is 22.2 Å². The molecule has 0 aromatic heterocycles. The molecule has 0 radical (unpaired) electrons. The maximum atomic E-state index is 12.9. The van der Waals surface area contributed by atoms with Crippen LogP contribution in [0.4, 0.5) is 0 Å². The Morgan fingerprint density at radius 2 is 1.71 bits per heavy atom. The van der Waals surface area contributed by atoms with E-state index in [1.807, 2.05) is 0 Å². The fourth-order valence-corrected chi connectivity index (χ4v) is 7.20. The summed E-state index contributed by atoms with van der Waals surface area (Å²) >= 11 is 0. The van der Waals surface area contributed by atoms with Crippen LogP contribution in [0.3, 0.4) is 0 Å². The minimum Gasteiger partial charge on any atom is -0.546 e. The van der Waals surface area contributed by atoms with Gasteiger partial charge in [-0.25, -0.2) is 0 Å². The zero-order valence-corrected chi connectivity index (χ0v) is 18.8. The molecule has 24 heavy (non-hydrogen) atoms. The lowest BCUT2D eigenvalue weighted by Crippen LogP contribution is -2.42. The van der Waals surface area contributed by atoms with Crippen molar-refractivity contribution in [3.8, 4) is 0 Å². The average Bonchev–Trinajstić information content (AvgIpc) is 2.56. The molecule has 0 saturated heterocycles. The Hall–Kier alpha value is -0.396. The second kappa shape index (κ2) is 6.40. The standard InChI is InChI=1S/C19H36O3Si2/c1-19(2,3)24(7,8)22-15-12-16(23(4,5)6)14-11-9-10-13(15)17(20)18(14)21/h12-14,16,18,21H,9-11H2,1-8H3/t13-,14?,16-,18?/m0/s1. The number of hydrogen-bond acceptors (Lipinski definition) is 3. The van der Waals surface area contributed by atoms with Gasteiger partial charge in [0.05, 0.1) is 19.8 Å². The number of carbonyl (C=O) groups excluding carboxylic acids is 1. The molecule has 2 rings (SSSR count). The van der Waals surface area contributed by atoms with Crippen LogP contribution in [-0.4, -0.2) is 33.4 Å². The molecule has 4 atom stereocenters. The summed E-state index contributed by atoms with van der Waals surface area (Å²) in [6.45, 7) is 18.2. The second-order valence-electron chi connectivity index (χ2n) is 10.3. The molecule has 0 aromatic carbocycles. The van der Waals surface area contributed by atoms with Gasteiger partial charge < -0.3 is 9.53 Å². The van der Waals surface area contributed by atoms with Crippen molar-refractivity contribution in [2.45, 2.75) is 89.5 Å². The molecule has 1 saturated carbocycles. The van der Waals surface area contributed by atoms with Crippen molar-refractivity contribution < 1.29 is 14.3 Å². The van der Waals surface area contributed by atoms with Crippen LogP contribution in [0.25, 0.3) is 0 Å². The topological polar surface area (TPSA) is 46.5 Å². The quantitative estimate of drug-likeness (QED) is 0.716. The predicted octanol–water partition coefficient (Wildman–Crippen LogP) is 4.96. The molecular weight excluding hydrogens is 332 g/mol. The number of rotatable bonds is 3. The van der Waals surface area contributed by atoms with Gasteiger partial charge in [0, 0.05) is 0 Å². The van der Waals surface area contributed by atoms with Gasteiger partial charge in [0.2, 0.25) is 8.32 Å². The molecule has 0 aromatic rings. The monoisotopic (exact) mass is 368 g/mol. The van der Waals surface area contributed by atoms with E-state index in [-0.39, 0.29) is 22.7 Å². The van der Waals surface area contributed by atoms with E-state index in [9.17, 15) is 9.90 Å². The van der Waals surface area contributed by atoms with Gasteiger partial charge in [-0.1, -0.05) is 46.8 Å². The zero-order valence-electron chi connectivity index (χ0n) is 16.8. The first-order valence-electron chi connectivity index (χ1n) is 9.38. The Bertz CT molecular complexity index is 526. The van der Waals surface area contributed by atoms with E-state index >= 15 is 0 Å². The molecule has 2 aliphatic rings. The van der Waals surface area contributed by atoms with Crippen LogP contribution in [0.2, 0.25) is 43.3 Å². The SMILES string of the molecule is CC(C)(C)[Si](C)(C)OC1=C[C@H]([Si](C)(C)C)C2CCC[C@@H]1C(=O)C2O. The molecule has 0 heterocycles. The minimum atomic E-state index is -2.00. The number of hydrogen-bond donors (Lipinski definition) is 1. The lowest BCUT2D eigenvalue weighted by molar-refractivity contribution is -0.132. The van der Waals surface area contributed by atoms with Crippen molar-refractivity contribution in [2.24, 2.45) is 11.8 Å². The number of aliphatic hydroxyl groups is 1. The van der Waals surface area contributed by atoms with Crippen LogP contribution in [0.1, 0.15) is 40.0 Å². The Kier molecular flexibility index (Phi) is 5.31. The Morgan fingerprint density at radius 1 is 1.12 bits per heavy atom. The van der Waals surface area contributed by atoms with Gasteiger partial charge in [0.1, 0.15) is 6.10 Å². The van der Waals surface area contributed by atoms with E-state index in [0.717, 1.165) is 25.0 Å². The fraction of sp³-hybridized carbons (Fsp3) is 0.842. The van der Waals surface area contributed by atoms with Crippen LogP contribution < -0.4 is 0 Å². The van der Waals surface area contributed by atoms with Gasteiger partial charge >= 0.3 is 0 Å². The van der Waals surface area contributed by atoms with Crippen LogP contribution in [-0.2, 0) is 9.22 Å². The molecular formula is C19H36O3Si2. The first kappa shape index (κ1) is 19.9. The summed E-state index contributed by atoms with van der Waals surface area (Å²) in [4.78, 5) is 12.9. The molecule has 2 aliphatic carbocycles. The maximum Gasteiger partial charge on any atom is 0.250 e. The predicted molar refractivity (Wildman–Crippen MR) is 105 cm³/mol. The van der Waals surface area contributed by atoms with Crippen molar-refractivity contribution in [1.29, 1.82) is 0 Å². The summed E-state index contributed by atoms with van der Waals surface area (Å²) in [5, 5.41) is 10.8. The van der Waals surface area contributed by atoms with Crippen molar-refractivity contribution in [2.75, 3.05) is 0 Å². The van der Waals surface area contributed by atoms with Gasteiger partial charge in [-0.15, -0.1) is 0 Å². The number of carbonyl (C=O) groups is 1. The van der Waals surface area contributed by atoms with E-state index in [0.29, 0.717) is 5.54 Å². The maximum absolute atomic E-state index is 12.9. The van der Waals surface area contributed by atoms with Gasteiger partial charge in [0.15, 0.2) is 5.78 Å². The molecule has 1 fully saturated rings. The first-order valence-corrected chi connectivity index (χ1v) is 15.9. The van der Waals surface area contributed by atoms with Gasteiger partial charge in [-0.2, -0.15) is 0 Å². The van der Waals surface area contributed by atoms with Crippen molar-refractivity contribution in [1.82, 2.24) is 0 Å². The molecule has 3 nitrogen and oxygen atoms in total. The van der Waals surface area contributed by atoms with E-state index in [1.165, 1.54) is 0 Å². The fourth-order valence-electron chi connectivity index (χ4n) is 3.80. The number of aliphatic hydroxyl groups excluding tert-OH is 1. The van der Waals surface area contributed by atoms with Crippen LogP contribution in [0.15, 0.2) is 11.8 Å². The van der Waals surface area contributed by atoms with Crippen LogP contribution in [0, 0.1) is 11.8 Å². The highest BCUT2D eigenvalue weighted by Gasteiger charge is 2.49. The largest absolute Gasteiger partial charge is 0.546 e. The molecule has 0 aliphatic heterocycles. The van der Waals surface area contributed by atoms with Crippen LogP contribution >= 0.6 is 0 Å². The number of ketones is 1. The van der Waals surface area contributed by atoms with Gasteiger partial charge in [0.25, 0.3) is 0 Å². The van der Waals surface area contributed by atoms with E-state index in [2.05, 4.69) is 59.6 Å². The highest BCUT2D eigenvalue weighted by molar-refractivity contribution is 6.78. The van der Waals surface area contributed by atoms with Crippen molar-refractivity contribution in [3.63, 3.8) is 0 Å². The van der Waals surface area contributed by atoms with E-state index in [1.54, 1.807) is 0 Å². The first-order chi connectivity index (χ1) is 10.8. The number of Topliss-reactive ketones (excluding diaryl/α,β-unsaturated/α-hetero) is 1. The second-order valence-corrected chi connectivity index (χ2v) is 20.4. The summed E-state index contributed by atoms with van der Waals surface area (Å²) in [5.74, 6) is 0.735. The highest BCUT2D eigenvalue weighted by Crippen LogP contribution is 2.48. The smallest absolute Gasteiger partial charge is 0.250 e. The lowest BCUT2D eigenvalue weighted by Gasteiger charge is -2.40. The van der Waals surface area contributed by atoms with E-state index in [4.69, 9.17) is 4.43 Å². The lowest BCUT2D eigenvalue weighted by atomic mass is 9.93. The molecule has 0 spiro atoms. The van der Waals surface area contributed by atoms with E-state index < -0.39 is 22.5 Å². The van der Waals surface area contributed by atoms with Gasteiger partial charge in [-0.3, -0.25) is 4.79 Å². The summed E-state index contributed by atoms with van der Waals surface area (Å²) in [6, 6.07) is 0. The molecule has 5 heteroatoms. The zero-order chi connectivity index (χ0) is 18.5. The molecule has 2 unspecified atom stereocenters. The Morgan fingerprint density at radius 3 is 2.21 bits per heavy atom. The Balaban J connectivity index is 2.49. The Labute approximate surface area is 150 Å². The number of fused-ring (bicyclic) bond motifs is 3. The van der Waals surface area contributed by atoms with Crippen LogP contribution in [0.5, 0.6) is 0 Å². The number of allylic oxidation sites excluding steroid dienone is 2. The highest BCUT2D eigenvalue weighted by atomic mass is 28.4. The molecule has 1 N–H and O–H groups in total. The summed E-state index contributed by atoms with van der Waals surface area (Å²) < 4.78 is 6.64. The third-order valence-electron chi connectivity index (χ3n) is 6.40. The molecule has 2 bridgehead atoms. The minimum absolute atomic E-state index is 0.00297. The third-order valence-corrected chi connectivity index (χ3v) is 13.4. The third kappa shape index (κ3) is 3.73. The normalized spacial score (nSPS) is 32.2. The summed E-state index contributed by atoms with van der Waals surface area (Å²) in [6.07, 6.45) is 4.26. The van der Waals surface area contributed by atoms with Gasteiger partial charge in [-0.05, 0) is 48.5 Å². The summed E-state index contributed by atoms with van der Waals surface area (Å²) in [5.41, 5.74) is 0.307. The summed E-state index contributed by atoms with van der Waals surface area (Å²) in [7, 11) is -3.55. The molecule has 138 valence electrons.